The highest BCUT2D eigenvalue weighted by molar-refractivity contribution is 5.82. The lowest BCUT2D eigenvalue weighted by molar-refractivity contribution is 0.613. The summed E-state index contributed by atoms with van der Waals surface area (Å²) in [7, 11) is 0. The highest BCUT2D eigenvalue weighted by Crippen LogP contribution is 2.25. The number of nitrogens with zero attached hydrogens (tertiary/aromatic N) is 1. The molecule has 0 aliphatic heterocycles. The van der Waals surface area contributed by atoms with Crippen LogP contribution in [-0.2, 0) is 6.42 Å². The summed E-state index contributed by atoms with van der Waals surface area (Å²) in [4.78, 5) is 16.7. The van der Waals surface area contributed by atoms with Gasteiger partial charge in [0.05, 0.1) is 5.39 Å². The molecule has 134 valence electrons. The van der Waals surface area contributed by atoms with E-state index in [-0.39, 0.29) is 5.43 Å². The van der Waals surface area contributed by atoms with Gasteiger partial charge in [-0.25, -0.2) is 0 Å². The van der Waals surface area contributed by atoms with E-state index in [0.717, 1.165) is 35.3 Å². The summed E-state index contributed by atoms with van der Waals surface area (Å²) in [6.45, 7) is 2.76. The third-order valence-corrected chi connectivity index (χ3v) is 4.51. The number of para-hydroxylation sites is 1. The standard InChI is InChI=1S/C23H20N2O2/c1-16-13-18(9-12-25-19-5-3-2-4-6-19)23-20(14-16)21(26)15-22(27-23)17-7-10-24-11-8-17/h2-8,10-11,13-15,25H,9,12H2,1H3. The fourth-order valence-corrected chi connectivity index (χ4v) is 3.23. The first-order chi connectivity index (χ1) is 13.2. The zero-order valence-corrected chi connectivity index (χ0v) is 15.1. The number of nitrogens with one attached hydrogen (secondary N) is 1. The van der Waals surface area contributed by atoms with E-state index < -0.39 is 0 Å². The number of benzene rings is 2. The molecule has 2 aromatic carbocycles. The highest BCUT2D eigenvalue weighted by Gasteiger charge is 2.11. The number of anilines is 1. The normalized spacial score (nSPS) is 10.9. The first-order valence-electron chi connectivity index (χ1n) is 8.97. The van der Waals surface area contributed by atoms with Gasteiger partial charge in [-0.3, -0.25) is 9.78 Å². The van der Waals surface area contributed by atoms with Crippen LogP contribution < -0.4 is 10.7 Å². The van der Waals surface area contributed by atoms with Crippen molar-refractivity contribution in [2.75, 3.05) is 11.9 Å². The first kappa shape index (κ1) is 17.0. The minimum Gasteiger partial charge on any atom is -0.456 e. The number of fused-ring (bicyclic) bond motifs is 1. The van der Waals surface area contributed by atoms with E-state index in [1.54, 1.807) is 18.5 Å². The quantitative estimate of drug-likeness (QED) is 0.557. The highest BCUT2D eigenvalue weighted by atomic mass is 16.3. The van der Waals surface area contributed by atoms with Crippen LogP contribution in [0.4, 0.5) is 5.69 Å². The molecule has 0 radical (unpaired) electrons. The van der Waals surface area contributed by atoms with Crippen molar-refractivity contribution < 1.29 is 4.42 Å². The maximum atomic E-state index is 12.7. The average Bonchev–Trinajstić information content (AvgIpc) is 2.70. The lowest BCUT2D eigenvalue weighted by atomic mass is 10.0. The lowest BCUT2D eigenvalue weighted by Gasteiger charge is -2.11. The smallest absolute Gasteiger partial charge is 0.193 e. The van der Waals surface area contributed by atoms with E-state index in [1.807, 2.05) is 55.5 Å². The number of aromatic nitrogens is 1. The van der Waals surface area contributed by atoms with Gasteiger partial charge in [-0.2, -0.15) is 0 Å². The molecule has 4 heteroatoms. The van der Waals surface area contributed by atoms with Crippen LogP contribution in [0.5, 0.6) is 0 Å². The third-order valence-electron chi connectivity index (χ3n) is 4.51. The molecule has 0 unspecified atom stereocenters. The van der Waals surface area contributed by atoms with Crippen LogP contribution in [0.1, 0.15) is 11.1 Å². The van der Waals surface area contributed by atoms with E-state index in [2.05, 4.69) is 16.4 Å². The second-order valence-electron chi connectivity index (χ2n) is 6.55. The van der Waals surface area contributed by atoms with Crippen molar-refractivity contribution in [3.63, 3.8) is 0 Å². The summed E-state index contributed by atoms with van der Waals surface area (Å²) >= 11 is 0. The molecule has 0 saturated heterocycles. The molecule has 4 nitrogen and oxygen atoms in total. The molecule has 0 aliphatic carbocycles. The number of aryl methyl sites for hydroxylation is 1. The van der Waals surface area contributed by atoms with Crippen molar-refractivity contribution in [3.05, 3.63) is 94.4 Å². The minimum atomic E-state index is -0.0240. The Morgan fingerprint density at radius 2 is 1.78 bits per heavy atom. The summed E-state index contributed by atoms with van der Waals surface area (Å²) in [5, 5.41) is 4.04. The molecule has 0 amide bonds. The Morgan fingerprint density at radius 1 is 1.00 bits per heavy atom. The number of hydrogen-bond acceptors (Lipinski definition) is 4. The summed E-state index contributed by atoms with van der Waals surface area (Å²) < 4.78 is 6.16. The van der Waals surface area contributed by atoms with Crippen LogP contribution in [-0.4, -0.2) is 11.5 Å². The van der Waals surface area contributed by atoms with E-state index in [1.165, 1.54) is 0 Å². The van der Waals surface area contributed by atoms with Gasteiger partial charge in [0.2, 0.25) is 0 Å². The van der Waals surface area contributed by atoms with Gasteiger partial charge in [-0.15, -0.1) is 0 Å². The molecule has 1 N–H and O–H groups in total. The summed E-state index contributed by atoms with van der Waals surface area (Å²) in [6.07, 6.45) is 4.15. The van der Waals surface area contributed by atoms with Crippen molar-refractivity contribution in [3.8, 4) is 11.3 Å². The molecule has 0 saturated carbocycles. The largest absolute Gasteiger partial charge is 0.456 e. The summed E-state index contributed by atoms with van der Waals surface area (Å²) in [5.41, 5.74) is 4.65. The van der Waals surface area contributed by atoms with Crippen molar-refractivity contribution in [2.24, 2.45) is 0 Å². The van der Waals surface area contributed by atoms with E-state index >= 15 is 0 Å². The molecule has 2 aromatic heterocycles. The molecule has 0 spiro atoms. The number of pyridine rings is 1. The molecule has 4 rings (SSSR count). The molecule has 0 aliphatic rings. The van der Waals surface area contributed by atoms with Crippen molar-refractivity contribution in [1.29, 1.82) is 0 Å². The summed E-state index contributed by atoms with van der Waals surface area (Å²) in [6, 6.07) is 19.3. The predicted octanol–water partition coefficient (Wildman–Crippen LogP) is 4.82. The van der Waals surface area contributed by atoms with Crippen LogP contribution in [0.3, 0.4) is 0 Å². The Bertz CT molecular complexity index is 1120. The second-order valence-corrected chi connectivity index (χ2v) is 6.55. The molecule has 2 heterocycles. The number of rotatable bonds is 5. The Hall–Kier alpha value is -3.40. The minimum absolute atomic E-state index is 0.0240. The van der Waals surface area contributed by atoms with Crippen LogP contribution in [0, 0.1) is 6.92 Å². The van der Waals surface area contributed by atoms with Gasteiger partial charge in [0.15, 0.2) is 5.43 Å². The SMILES string of the molecule is Cc1cc(CCNc2ccccc2)c2oc(-c3ccncc3)cc(=O)c2c1. The van der Waals surface area contributed by atoms with Crippen LogP contribution in [0.15, 0.2) is 82.3 Å². The van der Waals surface area contributed by atoms with Gasteiger partial charge < -0.3 is 9.73 Å². The molecule has 0 fully saturated rings. The third kappa shape index (κ3) is 3.75. The second kappa shape index (κ2) is 7.46. The topological polar surface area (TPSA) is 55.1 Å². The van der Waals surface area contributed by atoms with Crippen molar-refractivity contribution >= 4 is 16.7 Å². The van der Waals surface area contributed by atoms with Gasteiger partial charge in [-0.05, 0) is 54.8 Å². The zero-order valence-electron chi connectivity index (χ0n) is 15.1. The number of hydrogen-bond donors (Lipinski definition) is 1. The predicted molar refractivity (Wildman–Crippen MR) is 109 cm³/mol. The Labute approximate surface area is 157 Å². The van der Waals surface area contributed by atoms with Gasteiger partial charge >= 0.3 is 0 Å². The van der Waals surface area contributed by atoms with Crippen LogP contribution in [0.25, 0.3) is 22.3 Å². The molecular weight excluding hydrogens is 336 g/mol. The van der Waals surface area contributed by atoms with Crippen molar-refractivity contribution in [2.45, 2.75) is 13.3 Å². The van der Waals surface area contributed by atoms with E-state index in [9.17, 15) is 4.79 Å². The Kier molecular flexibility index (Phi) is 4.71. The lowest BCUT2D eigenvalue weighted by Crippen LogP contribution is -2.07. The van der Waals surface area contributed by atoms with Crippen LogP contribution >= 0.6 is 0 Å². The summed E-state index contributed by atoms with van der Waals surface area (Å²) in [5.74, 6) is 0.566. The van der Waals surface area contributed by atoms with E-state index in [4.69, 9.17) is 4.42 Å². The molecule has 27 heavy (non-hydrogen) atoms. The maximum absolute atomic E-state index is 12.7. The Morgan fingerprint density at radius 3 is 2.56 bits per heavy atom. The monoisotopic (exact) mass is 356 g/mol. The van der Waals surface area contributed by atoms with Gasteiger partial charge in [0.1, 0.15) is 11.3 Å². The van der Waals surface area contributed by atoms with Crippen LogP contribution in [0.2, 0.25) is 0 Å². The fraction of sp³-hybridized carbons (Fsp3) is 0.130. The Balaban J connectivity index is 1.70. The van der Waals surface area contributed by atoms with Gasteiger partial charge in [0.25, 0.3) is 0 Å². The van der Waals surface area contributed by atoms with E-state index in [0.29, 0.717) is 16.7 Å². The fourth-order valence-electron chi connectivity index (χ4n) is 3.23. The maximum Gasteiger partial charge on any atom is 0.193 e. The molecule has 0 atom stereocenters. The van der Waals surface area contributed by atoms with Crippen molar-refractivity contribution in [1.82, 2.24) is 4.98 Å². The van der Waals surface area contributed by atoms with Gasteiger partial charge in [-0.1, -0.05) is 24.3 Å². The average molecular weight is 356 g/mol. The molecule has 0 bridgehead atoms. The molecular formula is C23H20N2O2. The molecule has 4 aromatic rings. The zero-order chi connectivity index (χ0) is 18.6. The first-order valence-corrected chi connectivity index (χ1v) is 8.97. The van der Waals surface area contributed by atoms with Gasteiger partial charge in [0, 0.05) is 36.3 Å².